The minimum atomic E-state index is -0.874. The van der Waals surface area contributed by atoms with E-state index >= 15 is 0 Å². The van der Waals surface area contributed by atoms with Crippen molar-refractivity contribution in [2.45, 2.75) is 12.8 Å². The van der Waals surface area contributed by atoms with Crippen LogP contribution < -0.4 is 0 Å². The molecule has 1 heterocycles. The molecule has 0 saturated heterocycles. The lowest BCUT2D eigenvalue weighted by Gasteiger charge is -2.19. The second-order valence-electron chi connectivity index (χ2n) is 4.54. The quantitative estimate of drug-likeness (QED) is 0.906. The molecule has 0 aliphatic carbocycles. The van der Waals surface area contributed by atoms with E-state index in [2.05, 4.69) is 12.1 Å². The number of carboxylic acids is 1. The van der Waals surface area contributed by atoms with Crippen LogP contribution in [0.1, 0.15) is 11.1 Å². The van der Waals surface area contributed by atoms with Gasteiger partial charge in [0.2, 0.25) is 5.91 Å². The molecule has 0 fully saturated rings. The number of carbonyl (C=O) groups excluding carboxylic acids is 1. The highest BCUT2D eigenvalue weighted by Crippen LogP contribution is 2.16. The second kappa shape index (κ2) is 6.61. The first-order chi connectivity index (χ1) is 9.16. The van der Waals surface area contributed by atoms with Crippen molar-refractivity contribution in [1.29, 1.82) is 0 Å². The monoisotopic (exact) mass is 279 g/mol. The van der Waals surface area contributed by atoms with E-state index in [4.69, 9.17) is 5.11 Å². The van der Waals surface area contributed by atoms with E-state index in [0.29, 0.717) is 0 Å². The SMILES string of the molecule is O=C(O)CSCC(=O)N1CCc2ccccc2CC1. The smallest absolute Gasteiger partial charge is 0.313 e. The summed E-state index contributed by atoms with van der Waals surface area (Å²) in [6, 6.07) is 8.28. The summed E-state index contributed by atoms with van der Waals surface area (Å²) in [6.07, 6.45) is 1.76. The maximum Gasteiger partial charge on any atom is 0.313 e. The van der Waals surface area contributed by atoms with E-state index in [0.717, 1.165) is 37.7 Å². The lowest BCUT2D eigenvalue weighted by molar-refractivity contribution is -0.133. The van der Waals surface area contributed by atoms with Crippen LogP contribution in [0.25, 0.3) is 0 Å². The van der Waals surface area contributed by atoms with Gasteiger partial charge in [-0.25, -0.2) is 0 Å². The molecular weight excluding hydrogens is 262 g/mol. The molecule has 0 bridgehead atoms. The van der Waals surface area contributed by atoms with Gasteiger partial charge in [-0.2, -0.15) is 0 Å². The van der Waals surface area contributed by atoms with Gasteiger partial charge in [-0.15, -0.1) is 11.8 Å². The third-order valence-electron chi connectivity index (χ3n) is 3.22. The largest absolute Gasteiger partial charge is 0.481 e. The van der Waals surface area contributed by atoms with Crippen LogP contribution in [0.5, 0.6) is 0 Å². The minimum absolute atomic E-state index is 0.0141. The standard InChI is InChI=1S/C14H17NO3S/c16-13(9-19-10-14(17)18)15-7-5-11-3-1-2-4-12(11)6-8-15/h1-4H,5-10H2,(H,17,18). The van der Waals surface area contributed by atoms with Crippen molar-refractivity contribution < 1.29 is 14.7 Å². The van der Waals surface area contributed by atoms with Gasteiger partial charge in [0.1, 0.15) is 0 Å². The van der Waals surface area contributed by atoms with E-state index in [1.165, 1.54) is 11.1 Å². The molecule has 0 spiro atoms. The van der Waals surface area contributed by atoms with Gasteiger partial charge in [-0.1, -0.05) is 24.3 Å². The molecule has 4 nitrogen and oxygen atoms in total. The van der Waals surface area contributed by atoms with E-state index in [1.54, 1.807) is 0 Å². The Kier molecular flexibility index (Phi) is 4.85. The number of carboxylic acid groups (broad SMARTS) is 1. The summed E-state index contributed by atoms with van der Waals surface area (Å²) in [4.78, 5) is 24.3. The van der Waals surface area contributed by atoms with Crippen LogP contribution in [0.4, 0.5) is 0 Å². The lowest BCUT2D eigenvalue weighted by Crippen LogP contribution is -2.34. The Labute approximate surface area is 116 Å². The highest BCUT2D eigenvalue weighted by Gasteiger charge is 2.18. The van der Waals surface area contributed by atoms with Gasteiger partial charge in [0.25, 0.3) is 0 Å². The number of fused-ring (bicyclic) bond motifs is 1. The van der Waals surface area contributed by atoms with Crippen LogP contribution in [0.3, 0.4) is 0 Å². The molecule has 0 atom stereocenters. The molecule has 0 radical (unpaired) electrons. The van der Waals surface area contributed by atoms with Crippen LogP contribution in [0, 0.1) is 0 Å². The Morgan fingerprint density at radius 1 is 1.11 bits per heavy atom. The minimum Gasteiger partial charge on any atom is -0.481 e. The van der Waals surface area contributed by atoms with E-state index in [9.17, 15) is 9.59 Å². The maximum absolute atomic E-state index is 12.0. The highest BCUT2D eigenvalue weighted by molar-refractivity contribution is 8.00. The van der Waals surface area contributed by atoms with Crippen molar-refractivity contribution in [1.82, 2.24) is 4.90 Å². The van der Waals surface area contributed by atoms with Crippen molar-refractivity contribution in [2.24, 2.45) is 0 Å². The summed E-state index contributed by atoms with van der Waals surface area (Å²) in [7, 11) is 0. The lowest BCUT2D eigenvalue weighted by atomic mass is 10.0. The molecule has 1 aliphatic rings. The maximum atomic E-state index is 12.0. The van der Waals surface area contributed by atoms with E-state index < -0.39 is 5.97 Å². The number of rotatable bonds is 4. The van der Waals surface area contributed by atoms with Gasteiger partial charge in [0.05, 0.1) is 11.5 Å². The molecule has 2 rings (SSSR count). The molecule has 5 heteroatoms. The molecular formula is C14H17NO3S. The van der Waals surface area contributed by atoms with Crippen LogP contribution in [-0.4, -0.2) is 46.5 Å². The first kappa shape index (κ1) is 13.9. The molecule has 1 aromatic carbocycles. The van der Waals surface area contributed by atoms with E-state index in [1.807, 2.05) is 17.0 Å². The topological polar surface area (TPSA) is 57.6 Å². The van der Waals surface area contributed by atoms with Gasteiger partial charge in [0, 0.05) is 13.1 Å². The van der Waals surface area contributed by atoms with E-state index in [-0.39, 0.29) is 17.4 Å². The average molecular weight is 279 g/mol. The Morgan fingerprint density at radius 2 is 1.68 bits per heavy atom. The van der Waals surface area contributed by atoms with Crippen LogP contribution in [-0.2, 0) is 22.4 Å². The molecule has 1 aromatic rings. The summed E-state index contributed by atoms with van der Waals surface area (Å²) in [5.41, 5.74) is 2.63. The summed E-state index contributed by atoms with van der Waals surface area (Å²) < 4.78 is 0. The number of benzene rings is 1. The Balaban J connectivity index is 1.87. The molecule has 0 aromatic heterocycles. The zero-order chi connectivity index (χ0) is 13.7. The molecule has 0 saturated carbocycles. The highest BCUT2D eigenvalue weighted by atomic mass is 32.2. The number of hydrogen-bond donors (Lipinski definition) is 1. The Hall–Kier alpha value is -1.49. The van der Waals surface area contributed by atoms with Gasteiger partial charge in [-0.3, -0.25) is 9.59 Å². The Morgan fingerprint density at radius 3 is 2.21 bits per heavy atom. The third kappa shape index (κ3) is 3.99. The van der Waals surface area contributed by atoms with Gasteiger partial charge in [0.15, 0.2) is 0 Å². The van der Waals surface area contributed by atoms with Crippen molar-refractivity contribution in [3.63, 3.8) is 0 Å². The predicted molar refractivity (Wildman–Crippen MR) is 75.4 cm³/mol. The molecule has 1 amide bonds. The van der Waals surface area contributed by atoms with Crippen LogP contribution in [0.2, 0.25) is 0 Å². The number of amides is 1. The molecule has 1 aliphatic heterocycles. The fourth-order valence-corrected chi connectivity index (χ4v) is 2.87. The van der Waals surface area contributed by atoms with Crippen molar-refractivity contribution >= 4 is 23.6 Å². The van der Waals surface area contributed by atoms with Crippen LogP contribution in [0.15, 0.2) is 24.3 Å². The van der Waals surface area contributed by atoms with Crippen molar-refractivity contribution in [3.05, 3.63) is 35.4 Å². The van der Waals surface area contributed by atoms with Crippen molar-refractivity contribution in [3.8, 4) is 0 Å². The Bertz CT molecular complexity index is 449. The number of hydrogen-bond acceptors (Lipinski definition) is 3. The zero-order valence-corrected chi connectivity index (χ0v) is 11.5. The average Bonchev–Trinajstić information content (AvgIpc) is 2.60. The number of thioether (sulfide) groups is 1. The number of carbonyl (C=O) groups is 2. The zero-order valence-electron chi connectivity index (χ0n) is 10.7. The first-order valence-electron chi connectivity index (χ1n) is 6.31. The summed E-state index contributed by atoms with van der Waals surface area (Å²) in [5.74, 6) is -0.595. The number of nitrogens with zero attached hydrogens (tertiary/aromatic N) is 1. The fraction of sp³-hybridized carbons (Fsp3) is 0.429. The predicted octanol–water partition coefficient (Wildman–Crippen LogP) is 1.43. The molecule has 19 heavy (non-hydrogen) atoms. The third-order valence-corrected chi connectivity index (χ3v) is 4.13. The van der Waals surface area contributed by atoms with Gasteiger partial charge >= 0.3 is 5.97 Å². The molecule has 0 unspecified atom stereocenters. The number of aliphatic carboxylic acids is 1. The van der Waals surface area contributed by atoms with Gasteiger partial charge in [-0.05, 0) is 24.0 Å². The second-order valence-corrected chi connectivity index (χ2v) is 5.52. The summed E-state index contributed by atoms with van der Waals surface area (Å²) in [5, 5.41) is 8.55. The van der Waals surface area contributed by atoms with Crippen LogP contribution >= 0.6 is 11.8 Å². The summed E-state index contributed by atoms with van der Waals surface area (Å²) >= 11 is 1.16. The summed E-state index contributed by atoms with van der Waals surface area (Å²) in [6.45, 7) is 1.45. The molecule has 102 valence electrons. The first-order valence-corrected chi connectivity index (χ1v) is 7.46. The fourth-order valence-electron chi connectivity index (χ4n) is 2.23. The molecule has 1 N–H and O–H groups in total. The van der Waals surface area contributed by atoms with Gasteiger partial charge < -0.3 is 10.0 Å². The van der Waals surface area contributed by atoms with Crippen molar-refractivity contribution in [2.75, 3.05) is 24.6 Å². The normalized spacial score (nSPS) is 14.6.